The summed E-state index contributed by atoms with van der Waals surface area (Å²) in [5.41, 5.74) is 3.29. The van der Waals surface area contributed by atoms with Crippen molar-refractivity contribution in [3.63, 3.8) is 0 Å². The largest absolute Gasteiger partial charge is 0.497 e. The standard InChI is InChI=1S/C25H30N4O4/c1-16(2)24(30)27-17-7-8-20-21(15-26-22(20)13-17)23(25(31)32)29-11-9-28(10-12-29)18-5-4-6-19(14-18)33-3/h4-8,13-16,23,26H,9-12H2,1-3H3,(H,27,30)(H,31,32)/t23-/m1/s1. The molecule has 8 nitrogen and oxygen atoms in total. The molecular formula is C25H30N4O4. The first-order valence-corrected chi connectivity index (χ1v) is 11.1. The van der Waals surface area contributed by atoms with Gasteiger partial charge in [0.25, 0.3) is 0 Å². The van der Waals surface area contributed by atoms with Crippen molar-refractivity contribution in [3.05, 3.63) is 54.2 Å². The number of ether oxygens (including phenoxy) is 1. The fraction of sp³-hybridized carbons (Fsp3) is 0.360. The third-order valence-electron chi connectivity index (χ3n) is 6.13. The Morgan fingerprint density at radius 2 is 1.85 bits per heavy atom. The SMILES string of the molecule is COc1cccc(N2CCN([C@@H](C(=O)O)c3c[nH]c4cc(NC(=O)C(C)C)ccc34)CC2)c1. The molecule has 1 fully saturated rings. The predicted molar refractivity (Wildman–Crippen MR) is 129 cm³/mol. The average molecular weight is 451 g/mol. The minimum Gasteiger partial charge on any atom is -0.497 e. The van der Waals surface area contributed by atoms with Crippen LogP contribution in [-0.2, 0) is 9.59 Å². The van der Waals surface area contributed by atoms with Crippen molar-refractivity contribution in [2.45, 2.75) is 19.9 Å². The number of aromatic nitrogens is 1. The molecule has 0 unspecified atom stereocenters. The second-order valence-electron chi connectivity index (χ2n) is 8.61. The number of carbonyl (C=O) groups is 2. The van der Waals surface area contributed by atoms with Gasteiger partial charge in [0.1, 0.15) is 11.8 Å². The fourth-order valence-electron chi connectivity index (χ4n) is 4.27. The second-order valence-corrected chi connectivity index (χ2v) is 8.61. The molecule has 3 aromatic rings. The first kappa shape index (κ1) is 22.7. The number of H-pyrrole nitrogens is 1. The van der Waals surface area contributed by atoms with Crippen LogP contribution in [0.4, 0.5) is 11.4 Å². The van der Waals surface area contributed by atoms with Crippen LogP contribution in [0.15, 0.2) is 48.7 Å². The molecule has 0 radical (unpaired) electrons. The van der Waals surface area contributed by atoms with E-state index in [2.05, 4.69) is 15.2 Å². The van der Waals surface area contributed by atoms with Gasteiger partial charge >= 0.3 is 5.97 Å². The van der Waals surface area contributed by atoms with Gasteiger partial charge in [-0.3, -0.25) is 14.5 Å². The highest BCUT2D eigenvalue weighted by molar-refractivity contribution is 5.96. The summed E-state index contributed by atoms with van der Waals surface area (Å²) in [5, 5.41) is 13.8. The van der Waals surface area contributed by atoms with Gasteiger partial charge in [0.15, 0.2) is 0 Å². The van der Waals surface area contributed by atoms with E-state index in [0.29, 0.717) is 18.8 Å². The molecule has 1 aliphatic rings. The smallest absolute Gasteiger partial charge is 0.325 e. The zero-order chi connectivity index (χ0) is 23.5. The molecule has 1 aliphatic heterocycles. The van der Waals surface area contributed by atoms with Gasteiger partial charge in [-0.2, -0.15) is 0 Å². The van der Waals surface area contributed by atoms with Crippen molar-refractivity contribution in [2.24, 2.45) is 5.92 Å². The Kier molecular flexibility index (Phi) is 6.55. The molecular weight excluding hydrogens is 420 g/mol. The molecule has 0 aliphatic carbocycles. The van der Waals surface area contributed by atoms with E-state index in [1.807, 2.05) is 61.2 Å². The normalized spacial score (nSPS) is 15.6. The van der Waals surface area contributed by atoms with Gasteiger partial charge in [-0.25, -0.2) is 0 Å². The minimum absolute atomic E-state index is 0.0570. The third kappa shape index (κ3) is 4.80. The highest BCUT2D eigenvalue weighted by Crippen LogP contribution is 2.32. The minimum atomic E-state index is -0.872. The van der Waals surface area contributed by atoms with E-state index in [1.54, 1.807) is 13.3 Å². The van der Waals surface area contributed by atoms with E-state index in [0.717, 1.165) is 41.0 Å². The van der Waals surface area contributed by atoms with Crippen molar-refractivity contribution < 1.29 is 19.4 Å². The Hall–Kier alpha value is -3.52. The van der Waals surface area contributed by atoms with Crippen LogP contribution >= 0.6 is 0 Å². The lowest BCUT2D eigenvalue weighted by Gasteiger charge is -2.38. The highest BCUT2D eigenvalue weighted by atomic mass is 16.5. The second kappa shape index (κ2) is 9.54. The fourth-order valence-corrected chi connectivity index (χ4v) is 4.27. The topological polar surface area (TPSA) is 97.9 Å². The van der Waals surface area contributed by atoms with Crippen molar-refractivity contribution in [2.75, 3.05) is 43.5 Å². The molecule has 0 saturated carbocycles. The first-order valence-electron chi connectivity index (χ1n) is 11.1. The number of fused-ring (bicyclic) bond motifs is 1. The number of anilines is 2. The number of carboxylic acid groups (broad SMARTS) is 1. The van der Waals surface area contributed by atoms with E-state index in [-0.39, 0.29) is 11.8 Å². The van der Waals surface area contributed by atoms with Crippen molar-refractivity contribution in [1.29, 1.82) is 0 Å². The molecule has 0 bridgehead atoms. The van der Waals surface area contributed by atoms with Crippen LogP contribution in [-0.4, -0.2) is 60.2 Å². The number of hydrogen-bond donors (Lipinski definition) is 3. The van der Waals surface area contributed by atoms with Gasteiger partial charge in [0, 0.05) is 72.2 Å². The zero-order valence-electron chi connectivity index (χ0n) is 19.2. The van der Waals surface area contributed by atoms with Crippen molar-refractivity contribution in [3.8, 4) is 5.75 Å². The van der Waals surface area contributed by atoms with Crippen LogP contribution in [0.25, 0.3) is 10.9 Å². The van der Waals surface area contributed by atoms with Gasteiger partial charge in [-0.15, -0.1) is 0 Å². The quantitative estimate of drug-likeness (QED) is 0.508. The number of aromatic amines is 1. The Bertz CT molecular complexity index is 1150. The van der Waals surface area contributed by atoms with E-state index in [1.165, 1.54) is 0 Å². The Morgan fingerprint density at radius 3 is 2.52 bits per heavy atom. The lowest BCUT2D eigenvalue weighted by atomic mass is 10.0. The van der Waals surface area contributed by atoms with E-state index in [4.69, 9.17) is 4.74 Å². The number of carboxylic acids is 1. The number of methoxy groups -OCH3 is 1. The van der Waals surface area contributed by atoms with Gasteiger partial charge in [-0.1, -0.05) is 26.0 Å². The van der Waals surface area contributed by atoms with Crippen LogP contribution in [0.2, 0.25) is 0 Å². The molecule has 8 heteroatoms. The number of aliphatic carboxylic acids is 1. The Balaban J connectivity index is 1.52. The molecule has 3 N–H and O–H groups in total. The predicted octanol–water partition coefficient (Wildman–Crippen LogP) is 3.72. The zero-order valence-corrected chi connectivity index (χ0v) is 19.2. The maximum Gasteiger partial charge on any atom is 0.325 e. The van der Waals surface area contributed by atoms with Crippen molar-refractivity contribution >= 4 is 34.2 Å². The molecule has 33 heavy (non-hydrogen) atoms. The number of nitrogens with one attached hydrogen (secondary N) is 2. The number of piperazine rings is 1. The summed E-state index contributed by atoms with van der Waals surface area (Å²) in [6, 6.07) is 12.7. The summed E-state index contributed by atoms with van der Waals surface area (Å²) in [5.74, 6) is -0.241. The molecule has 2 aromatic carbocycles. The van der Waals surface area contributed by atoms with Gasteiger partial charge in [-0.05, 0) is 24.3 Å². The number of amides is 1. The lowest BCUT2D eigenvalue weighted by Crippen LogP contribution is -2.49. The number of benzene rings is 2. The summed E-state index contributed by atoms with van der Waals surface area (Å²) in [6.45, 7) is 6.39. The summed E-state index contributed by atoms with van der Waals surface area (Å²) in [4.78, 5) is 31.8. The summed E-state index contributed by atoms with van der Waals surface area (Å²) in [6.07, 6.45) is 1.77. The Morgan fingerprint density at radius 1 is 1.09 bits per heavy atom. The van der Waals surface area contributed by atoms with Crippen molar-refractivity contribution in [1.82, 2.24) is 9.88 Å². The van der Waals surface area contributed by atoms with E-state index < -0.39 is 12.0 Å². The molecule has 1 atom stereocenters. The number of carbonyl (C=O) groups excluding carboxylic acids is 1. The van der Waals surface area contributed by atoms with Crippen LogP contribution in [0.1, 0.15) is 25.5 Å². The molecule has 1 amide bonds. The average Bonchev–Trinajstić information content (AvgIpc) is 3.22. The summed E-state index contributed by atoms with van der Waals surface area (Å²) < 4.78 is 5.33. The summed E-state index contributed by atoms with van der Waals surface area (Å²) >= 11 is 0. The van der Waals surface area contributed by atoms with Crippen LogP contribution in [0, 0.1) is 5.92 Å². The molecule has 1 aromatic heterocycles. The van der Waals surface area contributed by atoms with E-state index >= 15 is 0 Å². The Labute approximate surface area is 193 Å². The van der Waals surface area contributed by atoms with E-state index in [9.17, 15) is 14.7 Å². The van der Waals surface area contributed by atoms with Gasteiger partial charge < -0.3 is 25.0 Å². The monoisotopic (exact) mass is 450 g/mol. The number of rotatable bonds is 7. The molecule has 174 valence electrons. The third-order valence-corrected chi connectivity index (χ3v) is 6.13. The van der Waals surface area contributed by atoms with Gasteiger partial charge in [0.05, 0.1) is 7.11 Å². The maximum absolute atomic E-state index is 12.3. The van der Waals surface area contributed by atoms with Crippen LogP contribution in [0.3, 0.4) is 0 Å². The number of hydrogen-bond acceptors (Lipinski definition) is 5. The van der Waals surface area contributed by atoms with Crippen LogP contribution in [0.5, 0.6) is 5.75 Å². The molecule has 0 spiro atoms. The first-order chi connectivity index (χ1) is 15.9. The highest BCUT2D eigenvalue weighted by Gasteiger charge is 2.32. The maximum atomic E-state index is 12.3. The summed E-state index contributed by atoms with van der Waals surface area (Å²) in [7, 11) is 1.65. The van der Waals surface area contributed by atoms with Gasteiger partial charge in [0.2, 0.25) is 5.91 Å². The molecule has 2 heterocycles. The molecule has 1 saturated heterocycles. The number of nitrogens with zero attached hydrogens (tertiary/aromatic N) is 2. The van der Waals surface area contributed by atoms with Crippen LogP contribution < -0.4 is 15.0 Å². The molecule has 4 rings (SSSR count). The lowest BCUT2D eigenvalue weighted by molar-refractivity contribution is -0.143.